The maximum Gasteiger partial charge on any atom is 0.0971 e. The molecule has 0 aromatic rings. The van der Waals surface area contributed by atoms with E-state index in [1.54, 1.807) is 0 Å². The smallest absolute Gasteiger partial charge is 0.0971 e. The zero-order valence-corrected chi connectivity index (χ0v) is 8.50. The molecule has 2 heteroatoms. The fourth-order valence-corrected chi connectivity index (χ4v) is 2.22. The van der Waals surface area contributed by atoms with Gasteiger partial charge in [0.1, 0.15) is 0 Å². The monoisotopic (exact) mass is 180 g/mol. The van der Waals surface area contributed by atoms with Crippen molar-refractivity contribution in [1.29, 1.82) is 0 Å². The van der Waals surface area contributed by atoms with Crippen LogP contribution in [0.1, 0.15) is 45.4 Å². The standard InChI is InChI=1S/C11H20N2/c1-8-3-2-4-9(7-8)11(12)13-10-5-6-10/h8-10H,2-7H2,1H3,(H2,12,13). The molecule has 0 spiro atoms. The highest BCUT2D eigenvalue weighted by Crippen LogP contribution is 2.30. The van der Waals surface area contributed by atoms with Gasteiger partial charge in [0.15, 0.2) is 0 Å². The summed E-state index contributed by atoms with van der Waals surface area (Å²) in [7, 11) is 0. The van der Waals surface area contributed by atoms with Gasteiger partial charge in [-0.15, -0.1) is 0 Å². The fraction of sp³-hybridized carbons (Fsp3) is 0.909. The van der Waals surface area contributed by atoms with Crippen molar-refractivity contribution >= 4 is 5.84 Å². The third-order valence-electron chi connectivity index (χ3n) is 3.23. The Hall–Kier alpha value is -0.530. The van der Waals surface area contributed by atoms with E-state index in [1.807, 2.05) is 0 Å². The van der Waals surface area contributed by atoms with E-state index in [0.717, 1.165) is 11.8 Å². The van der Waals surface area contributed by atoms with Gasteiger partial charge in [-0.3, -0.25) is 4.99 Å². The molecule has 2 saturated carbocycles. The molecule has 2 aliphatic carbocycles. The molecule has 0 saturated heterocycles. The van der Waals surface area contributed by atoms with Crippen LogP contribution < -0.4 is 5.73 Å². The van der Waals surface area contributed by atoms with Crippen molar-refractivity contribution in [3.05, 3.63) is 0 Å². The molecule has 0 heterocycles. The van der Waals surface area contributed by atoms with Crippen molar-refractivity contribution in [2.75, 3.05) is 0 Å². The highest BCUT2D eigenvalue weighted by molar-refractivity contribution is 5.83. The molecule has 2 N–H and O–H groups in total. The third-order valence-corrected chi connectivity index (χ3v) is 3.23. The second kappa shape index (κ2) is 3.69. The number of nitrogens with two attached hydrogens (primary N) is 1. The van der Waals surface area contributed by atoms with E-state index in [2.05, 4.69) is 11.9 Å². The summed E-state index contributed by atoms with van der Waals surface area (Å²) < 4.78 is 0. The molecule has 74 valence electrons. The van der Waals surface area contributed by atoms with Gasteiger partial charge in [0.2, 0.25) is 0 Å². The summed E-state index contributed by atoms with van der Waals surface area (Å²) >= 11 is 0. The number of rotatable bonds is 2. The molecule has 2 rings (SSSR count). The lowest BCUT2D eigenvalue weighted by Crippen LogP contribution is -2.28. The largest absolute Gasteiger partial charge is 0.387 e. The number of hydrogen-bond acceptors (Lipinski definition) is 1. The average molecular weight is 180 g/mol. The summed E-state index contributed by atoms with van der Waals surface area (Å²) in [6, 6.07) is 0.595. The topological polar surface area (TPSA) is 38.4 Å². The quantitative estimate of drug-likeness (QED) is 0.514. The fourth-order valence-electron chi connectivity index (χ4n) is 2.22. The average Bonchev–Trinajstić information content (AvgIpc) is 2.88. The number of aliphatic imine (C=N–C) groups is 1. The van der Waals surface area contributed by atoms with Crippen LogP contribution in [0.3, 0.4) is 0 Å². The van der Waals surface area contributed by atoms with Gasteiger partial charge in [-0.1, -0.05) is 19.8 Å². The molecule has 0 amide bonds. The van der Waals surface area contributed by atoms with Crippen LogP contribution in [-0.2, 0) is 0 Å². The van der Waals surface area contributed by atoms with Gasteiger partial charge in [0, 0.05) is 5.92 Å². The van der Waals surface area contributed by atoms with E-state index >= 15 is 0 Å². The Morgan fingerprint density at radius 2 is 2.00 bits per heavy atom. The summed E-state index contributed by atoms with van der Waals surface area (Å²) in [5.41, 5.74) is 6.00. The maximum atomic E-state index is 6.00. The van der Waals surface area contributed by atoms with Crippen molar-refractivity contribution in [2.45, 2.75) is 51.5 Å². The molecular formula is C11H20N2. The van der Waals surface area contributed by atoms with E-state index in [0.29, 0.717) is 12.0 Å². The maximum absolute atomic E-state index is 6.00. The zero-order chi connectivity index (χ0) is 9.26. The first-order chi connectivity index (χ1) is 6.25. The molecule has 2 aliphatic rings. The summed E-state index contributed by atoms with van der Waals surface area (Å²) in [4.78, 5) is 4.54. The molecule has 0 aromatic heterocycles. The Balaban J connectivity index is 1.90. The molecule has 2 atom stereocenters. The van der Waals surface area contributed by atoms with Crippen molar-refractivity contribution < 1.29 is 0 Å². The lowest BCUT2D eigenvalue weighted by Gasteiger charge is -2.26. The summed E-state index contributed by atoms with van der Waals surface area (Å²) in [6.07, 6.45) is 7.79. The van der Waals surface area contributed by atoms with E-state index in [4.69, 9.17) is 5.73 Å². The molecule has 2 nitrogen and oxygen atoms in total. The van der Waals surface area contributed by atoms with Crippen LogP contribution in [0.15, 0.2) is 4.99 Å². The van der Waals surface area contributed by atoms with Gasteiger partial charge in [-0.25, -0.2) is 0 Å². The molecule has 0 radical (unpaired) electrons. The summed E-state index contributed by atoms with van der Waals surface area (Å²) in [5, 5.41) is 0. The zero-order valence-electron chi connectivity index (χ0n) is 8.50. The van der Waals surface area contributed by atoms with E-state index in [9.17, 15) is 0 Å². The van der Waals surface area contributed by atoms with Crippen molar-refractivity contribution in [2.24, 2.45) is 22.6 Å². The third kappa shape index (κ3) is 2.45. The minimum atomic E-state index is 0.595. The van der Waals surface area contributed by atoms with Crippen LogP contribution in [0.4, 0.5) is 0 Å². The van der Waals surface area contributed by atoms with Crippen LogP contribution >= 0.6 is 0 Å². The number of hydrogen-bond donors (Lipinski definition) is 1. The molecule has 0 aromatic carbocycles. The van der Waals surface area contributed by atoms with Gasteiger partial charge in [0.05, 0.1) is 11.9 Å². The van der Waals surface area contributed by atoms with Crippen LogP contribution in [-0.4, -0.2) is 11.9 Å². The highest BCUT2D eigenvalue weighted by Gasteiger charge is 2.25. The van der Waals surface area contributed by atoms with Gasteiger partial charge in [-0.05, 0) is 31.6 Å². The Labute approximate surface area is 80.6 Å². The molecule has 13 heavy (non-hydrogen) atoms. The minimum absolute atomic E-state index is 0.595. The van der Waals surface area contributed by atoms with Gasteiger partial charge >= 0.3 is 0 Å². The lowest BCUT2D eigenvalue weighted by molar-refractivity contribution is 0.338. The minimum Gasteiger partial charge on any atom is -0.387 e. The van der Waals surface area contributed by atoms with Gasteiger partial charge < -0.3 is 5.73 Å². The number of amidine groups is 1. The summed E-state index contributed by atoms with van der Waals surface area (Å²) in [6.45, 7) is 2.33. The lowest BCUT2D eigenvalue weighted by atomic mass is 9.82. The highest BCUT2D eigenvalue weighted by atomic mass is 14.9. The normalized spacial score (nSPS) is 36.2. The van der Waals surface area contributed by atoms with Gasteiger partial charge in [0.25, 0.3) is 0 Å². The number of nitrogens with zero attached hydrogens (tertiary/aromatic N) is 1. The van der Waals surface area contributed by atoms with E-state index < -0.39 is 0 Å². The van der Waals surface area contributed by atoms with Crippen LogP contribution in [0, 0.1) is 11.8 Å². The molecule has 2 fully saturated rings. The van der Waals surface area contributed by atoms with Crippen LogP contribution in [0.5, 0.6) is 0 Å². The predicted molar refractivity (Wildman–Crippen MR) is 55.8 cm³/mol. The summed E-state index contributed by atoms with van der Waals surface area (Å²) in [5.74, 6) is 2.41. The Bertz CT molecular complexity index is 206. The Morgan fingerprint density at radius 1 is 1.23 bits per heavy atom. The van der Waals surface area contributed by atoms with Gasteiger partial charge in [-0.2, -0.15) is 0 Å². The van der Waals surface area contributed by atoms with Crippen molar-refractivity contribution in [3.63, 3.8) is 0 Å². The second-order valence-corrected chi connectivity index (χ2v) is 4.75. The predicted octanol–water partition coefficient (Wildman–Crippen LogP) is 2.33. The molecular weight excluding hydrogens is 160 g/mol. The van der Waals surface area contributed by atoms with E-state index in [1.165, 1.54) is 38.5 Å². The molecule has 0 bridgehead atoms. The first-order valence-electron chi connectivity index (χ1n) is 5.59. The van der Waals surface area contributed by atoms with Crippen LogP contribution in [0.2, 0.25) is 0 Å². The first kappa shape index (κ1) is 9.04. The SMILES string of the molecule is CC1CCCC(C(N)=NC2CC2)C1. The Morgan fingerprint density at radius 3 is 2.62 bits per heavy atom. The first-order valence-corrected chi connectivity index (χ1v) is 5.59. The van der Waals surface area contributed by atoms with Crippen molar-refractivity contribution in [1.82, 2.24) is 0 Å². The van der Waals surface area contributed by atoms with Crippen LogP contribution in [0.25, 0.3) is 0 Å². The Kier molecular flexibility index (Phi) is 2.56. The van der Waals surface area contributed by atoms with Crippen molar-refractivity contribution in [3.8, 4) is 0 Å². The molecule has 0 aliphatic heterocycles. The van der Waals surface area contributed by atoms with E-state index in [-0.39, 0.29) is 0 Å². The molecule has 2 unspecified atom stereocenters. The second-order valence-electron chi connectivity index (χ2n) is 4.75.